The van der Waals surface area contributed by atoms with E-state index >= 15 is 0 Å². The minimum atomic E-state index is -0.361. The molecule has 4 rings (SSSR count). The van der Waals surface area contributed by atoms with E-state index in [0.717, 1.165) is 26.6 Å². The van der Waals surface area contributed by atoms with Gasteiger partial charge in [0.05, 0.1) is 7.11 Å². The predicted octanol–water partition coefficient (Wildman–Crippen LogP) is 5.38. The van der Waals surface area contributed by atoms with Crippen LogP contribution in [0.5, 0.6) is 5.75 Å². The Hall–Kier alpha value is -3.84. The molecule has 4 aromatic rings. The zero-order chi connectivity index (χ0) is 24.8. The van der Waals surface area contributed by atoms with Crippen LogP contribution >= 0.6 is 15.9 Å². The standard InChI is InChI=1S/C28H26BrN3O3/c1-18-23(24-5-3-4-6-25(24)31-18)15-16-30-28(34)26(17-19-7-13-22(35-2)14-8-19)32-27(33)20-9-11-21(29)12-10-20/h3-14,17,31H,15-16H2,1-2H3,(H,30,34)(H,32,33)/b26-17-. The summed E-state index contributed by atoms with van der Waals surface area (Å²) in [6.45, 7) is 2.46. The van der Waals surface area contributed by atoms with Gasteiger partial charge in [-0.3, -0.25) is 9.59 Å². The molecule has 0 spiro atoms. The number of aromatic nitrogens is 1. The molecule has 0 bridgehead atoms. The molecule has 0 atom stereocenters. The molecule has 1 aromatic heterocycles. The molecule has 0 fully saturated rings. The number of carbonyl (C=O) groups is 2. The SMILES string of the molecule is COc1ccc(/C=C(\NC(=O)c2ccc(Br)cc2)C(=O)NCCc2c(C)[nH]c3ccccc23)cc1. The van der Waals surface area contributed by atoms with Crippen molar-refractivity contribution in [2.45, 2.75) is 13.3 Å². The molecule has 35 heavy (non-hydrogen) atoms. The van der Waals surface area contributed by atoms with Crippen molar-refractivity contribution in [1.82, 2.24) is 15.6 Å². The fourth-order valence-corrected chi connectivity index (χ4v) is 4.14. The Kier molecular flexibility index (Phi) is 7.67. The lowest BCUT2D eigenvalue weighted by atomic mass is 10.1. The molecule has 0 unspecified atom stereocenters. The number of para-hydroxylation sites is 1. The third kappa shape index (κ3) is 6.00. The first-order chi connectivity index (χ1) is 16.9. The van der Waals surface area contributed by atoms with E-state index in [0.29, 0.717) is 24.3 Å². The molecule has 3 N–H and O–H groups in total. The quantitative estimate of drug-likeness (QED) is 0.267. The maximum Gasteiger partial charge on any atom is 0.267 e. The number of aryl methyl sites for hydroxylation is 1. The van der Waals surface area contributed by atoms with Crippen molar-refractivity contribution < 1.29 is 14.3 Å². The Morgan fingerprint density at radius 1 is 1.00 bits per heavy atom. The van der Waals surface area contributed by atoms with E-state index in [2.05, 4.69) is 37.6 Å². The molecule has 0 saturated carbocycles. The topological polar surface area (TPSA) is 83.2 Å². The smallest absolute Gasteiger partial charge is 0.267 e. The fourth-order valence-electron chi connectivity index (χ4n) is 3.87. The Bertz CT molecular complexity index is 1370. The number of amides is 2. The first-order valence-corrected chi connectivity index (χ1v) is 12.0. The van der Waals surface area contributed by atoms with Crippen LogP contribution in [-0.2, 0) is 11.2 Å². The molecular weight excluding hydrogens is 506 g/mol. The summed E-state index contributed by atoms with van der Waals surface area (Å²) in [5, 5.41) is 6.88. The van der Waals surface area contributed by atoms with E-state index in [9.17, 15) is 9.59 Å². The summed E-state index contributed by atoms with van der Waals surface area (Å²) in [6, 6.07) is 22.3. The van der Waals surface area contributed by atoms with Crippen LogP contribution in [0.1, 0.15) is 27.2 Å². The molecule has 0 radical (unpaired) electrons. The Balaban J connectivity index is 1.51. The number of nitrogens with one attached hydrogen (secondary N) is 3. The third-order valence-corrected chi connectivity index (χ3v) is 6.24. The van der Waals surface area contributed by atoms with Crippen LogP contribution in [0.3, 0.4) is 0 Å². The molecule has 0 saturated heterocycles. The van der Waals surface area contributed by atoms with Gasteiger partial charge in [-0.2, -0.15) is 0 Å². The van der Waals surface area contributed by atoms with Crippen LogP contribution in [-0.4, -0.2) is 30.5 Å². The highest BCUT2D eigenvalue weighted by molar-refractivity contribution is 9.10. The van der Waals surface area contributed by atoms with E-state index in [1.54, 1.807) is 49.6 Å². The molecule has 7 heteroatoms. The largest absolute Gasteiger partial charge is 0.497 e. The second kappa shape index (κ2) is 11.1. The van der Waals surface area contributed by atoms with Gasteiger partial charge in [-0.25, -0.2) is 0 Å². The molecule has 0 aliphatic carbocycles. The van der Waals surface area contributed by atoms with Crippen LogP contribution in [0.15, 0.2) is 83.0 Å². The highest BCUT2D eigenvalue weighted by Crippen LogP contribution is 2.22. The average Bonchev–Trinajstić information content (AvgIpc) is 3.19. The molecule has 6 nitrogen and oxygen atoms in total. The van der Waals surface area contributed by atoms with Gasteiger partial charge in [0.2, 0.25) is 0 Å². The number of H-pyrrole nitrogens is 1. The summed E-state index contributed by atoms with van der Waals surface area (Å²) in [6.07, 6.45) is 2.32. The van der Waals surface area contributed by atoms with Crippen LogP contribution in [0.2, 0.25) is 0 Å². The minimum absolute atomic E-state index is 0.165. The normalized spacial score (nSPS) is 11.3. The highest BCUT2D eigenvalue weighted by atomic mass is 79.9. The fraction of sp³-hybridized carbons (Fsp3) is 0.143. The molecular formula is C28H26BrN3O3. The number of benzene rings is 3. The Morgan fingerprint density at radius 3 is 2.43 bits per heavy atom. The molecule has 0 aliphatic heterocycles. The van der Waals surface area contributed by atoms with Crippen molar-refractivity contribution in [2.24, 2.45) is 0 Å². The second-order valence-electron chi connectivity index (χ2n) is 8.07. The zero-order valence-electron chi connectivity index (χ0n) is 19.5. The lowest BCUT2D eigenvalue weighted by Gasteiger charge is -2.12. The second-order valence-corrected chi connectivity index (χ2v) is 8.99. The van der Waals surface area contributed by atoms with Crippen molar-refractivity contribution in [3.8, 4) is 5.75 Å². The van der Waals surface area contributed by atoms with Gasteiger partial charge in [0.25, 0.3) is 11.8 Å². The Morgan fingerprint density at radius 2 is 1.71 bits per heavy atom. The number of carbonyl (C=O) groups excluding carboxylic acids is 2. The van der Waals surface area contributed by atoms with Crippen molar-refractivity contribution in [3.05, 3.63) is 105 Å². The molecule has 3 aromatic carbocycles. The zero-order valence-corrected chi connectivity index (χ0v) is 21.1. The monoisotopic (exact) mass is 531 g/mol. The third-order valence-electron chi connectivity index (χ3n) is 5.71. The number of fused-ring (bicyclic) bond motifs is 1. The van der Waals surface area contributed by atoms with Gasteiger partial charge in [0, 0.05) is 33.2 Å². The number of methoxy groups -OCH3 is 1. The molecule has 178 valence electrons. The number of ether oxygens (including phenoxy) is 1. The van der Waals surface area contributed by atoms with E-state index in [4.69, 9.17) is 4.74 Å². The molecule has 1 heterocycles. The van der Waals surface area contributed by atoms with Gasteiger partial charge < -0.3 is 20.4 Å². The maximum atomic E-state index is 13.1. The first kappa shape index (κ1) is 24.3. The van der Waals surface area contributed by atoms with E-state index in [1.165, 1.54) is 5.56 Å². The van der Waals surface area contributed by atoms with Gasteiger partial charge in [-0.1, -0.05) is 46.3 Å². The summed E-state index contributed by atoms with van der Waals surface area (Å²) < 4.78 is 6.08. The average molecular weight is 532 g/mol. The van der Waals surface area contributed by atoms with Gasteiger partial charge in [-0.15, -0.1) is 0 Å². The lowest BCUT2D eigenvalue weighted by molar-refractivity contribution is -0.117. The van der Waals surface area contributed by atoms with Crippen LogP contribution < -0.4 is 15.4 Å². The van der Waals surface area contributed by atoms with Crippen LogP contribution in [0.4, 0.5) is 0 Å². The summed E-state index contributed by atoms with van der Waals surface area (Å²) in [5.74, 6) is -0.00944. The van der Waals surface area contributed by atoms with Crippen LogP contribution in [0, 0.1) is 6.92 Å². The summed E-state index contributed by atoms with van der Waals surface area (Å²) in [5.41, 5.74) is 4.71. The van der Waals surface area contributed by atoms with Crippen molar-refractivity contribution >= 4 is 44.7 Å². The van der Waals surface area contributed by atoms with Crippen molar-refractivity contribution in [2.75, 3.05) is 13.7 Å². The van der Waals surface area contributed by atoms with Gasteiger partial charge in [0.15, 0.2) is 0 Å². The number of halogens is 1. The maximum absolute atomic E-state index is 13.1. The molecule has 0 aliphatic rings. The lowest BCUT2D eigenvalue weighted by Crippen LogP contribution is -2.35. The number of hydrogen-bond donors (Lipinski definition) is 3. The van der Waals surface area contributed by atoms with E-state index in [-0.39, 0.29) is 17.5 Å². The van der Waals surface area contributed by atoms with Gasteiger partial charge in [0.1, 0.15) is 11.4 Å². The van der Waals surface area contributed by atoms with Gasteiger partial charge >= 0.3 is 0 Å². The van der Waals surface area contributed by atoms with Crippen LogP contribution in [0.25, 0.3) is 17.0 Å². The number of hydrogen-bond acceptors (Lipinski definition) is 3. The summed E-state index contributed by atoms with van der Waals surface area (Å²) >= 11 is 3.37. The Labute approximate surface area is 212 Å². The molecule has 2 amide bonds. The summed E-state index contributed by atoms with van der Waals surface area (Å²) in [4.78, 5) is 29.4. The van der Waals surface area contributed by atoms with Crippen molar-refractivity contribution in [1.29, 1.82) is 0 Å². The predicted molar refractivity (Wildman–Crippen MR) is 142 cm³/mol. The van der Waals surface area contributed by atoms with E-state index < -0.39 is 0 Å². The van der Waals surface area contributed by atoms with E-state index in [1.807, 2.05) is 37.3 Å². The summed E-state index contributed by atoms with van der Waals surface area (Å²) in [7, 11) is 1.59. The van der Waals surface area contributed by atoms with Crippen molar-refractivity contribution in [3.63, 3.8) is 0 Å². The number of aromatic amines is 1. The first-order valence-electron chi connectivity index (χ1n) is 11.2. The number of rotatable bonds is 8. The minimum Gasteiger partial charge on any atom is -0.497 e. The van der Waals surface area contributed by atoms with Gasteiger partial charge in [-0.05, 0) is 73.0 Å². The highest BCUT2D eigenvalue weighted by Gasteiger charge is 2.15.